The molecule has 0 bridgehead atoms. The molecule has 0 saturated carbocycles. The van der Waals surface area contributed by atoms with E-state index in [9.17, 15) is 0 Å². The Labute approximate surface area is 139 Å². The average Bonchev–Trinajstić information content (AvgIpc) is 3.10. The van der Waals surface area contributed by atoms with Crippen LogP contribution in [0.5, 0.6) is 17.2 Å². The Bertz CT molecular complexity index is 815. The highest BCUT2D eigenvalue weighted by Crippen LogP contribution is 2.42. The van der Waals surface area contributed by atoms with Gasteiger partial charge in [-0.1, -0.05) is 17.3 Å². The van der Waals surface area contributed by atoms with Gasteiger partial charge in [-0.15, -0.1) is 0 Å². The van der Waals surface area contributed by atoms with Gasteiger partial charge >= 0.3 is 0 Å². The number of nitrogen functional groups attached to an aromatic ring is 1. The van der Waals surface area contributed by atoms with Crippen LogP contribution in [0.15, 0.2) is 47.2 Å². The molecule has 3 aromatic rings. The topological polar surface area (TPSA) is 79.7 Å². The van der Waals surface area contributed by atoms with Crippen LogP contribution in [0.25, 0.3) is 22.4 Å². The summed E-state index contributed by atoms with van der Waals surface area (Å²) in [6, 6.07) is 11.2. The Hall–Kier alpha value is -3.15. The molecular formula is C18H18N2O4. The minimum Gasteiger partial charge on any atom is -0.493 e. The fraction of sp³-hybridized carbons (Fsp3) is 0.167. The van der Waals surface area contributed by atoms with Crippen molar-refractivity contribution in [2.24, 2.45) is 0 Å². The molecule has 0 aliphatic carbocycles. The Balaban J connectivity index is 2.14. The maximum Gasteiger partial charge on any atom is 0.203 e. The molecule has 0 aliphatic rings. The average molecular weight is 326 g/mol. The number of aromatic nitrogens is 1. The van der Waals surface area contributed by atoms with E-state index >= 15 is 0 Å². The zero-order valence-electron chi connectivity index (χ0n) is 13.7. The molecule has 0 saturated heterocycles. The van der Waals surface area contributed by atoms with Crippen molar-refractivity contribution in [2.45, 2.75) is 0 Å². The van der Waals surface area contributed by atoms with Gasteiger partial charge in [0.05, 0.1) is 21.3 Å². The molecular weight excluding hydrogens is 308 g/mol. The minimum atomic E-state index is 0.529. The first-order chi connectivity index (χ1) is 11.7. The number of hydrogen-bond donors (Lipinski definition) is 1. The lowest BCUT2D eigenvalue weighted by atomic mass is 10.0. The predicted molar refractivity (Wildman–Crippen MR) is 91.4 cm³/mol. The van der Waals surface area contributed by atoms with Crippen molar-refractivity contribution in [3.05, 3.63) is 42.7 Å². The predicted octanol–water partition coefficient (Wildman–Crippen LogP) is 3.62. The molecule has 0 unspecified atom stereocenters. The second-order valence-electron chi connectivity index (χ2n) is 5.11. The van der Waals surface area contributed by atoms with Gasteiger partial charge in [-0.2, -0.15) is 0 Å². The Kier molecular flexibility index (Phi) is 4.29. The lowest BCUT2D eigenvalue weighted by Crippen LogP contribution is -1.96. The lowest BCUT2D eigenvalue weighted by molar-refractivity contribution is 0.324. The SMILES string of the molecule is COc1cc(-c2nocc2-c2ccc(N)cc2)cc(OC)c1OC. The molecule has 2 aromatic carbocycles. The van der Waals surface area contributed by atoms with Gasteiger partial charge in [-0.25, -0.2) is 0 Å². The van der Waals surface area contributed by atoms with E-state index in [0.717, 1.165) is 16.7 Å². The maximum atomic E-state index is 5.75. The van der Waals surface area contributed by atoms with Crippen LogP contribution in [0.2, 0.25) is 0 Å². The largest absolute Gasteiger partial charge is 0.493 e. The van der Waals surface area contributed by atoms with Gasteiger partial charge in [-0.3, -0.25) is 0 Å². The number of anilines is 1. The van der Waals surface area contributed by atoms with Crippen LogP contribution in [0.1, 0.15) is 0 Å². The normalized spacial score (nSPS) is 10.5. The van der Waals surface area contributed by atoms with Gasteiger partial charge in [0.25, 0.3) is 0 Å². The van der Waals surface area contributed by atoms with Gasteiger partial charge in [0, 0.05) is 16.8 Å². The van der Waals surface area contributed by atoms with Crippen LogP contribution in [0, 0.1) is 0 Å². The number of ether oxygens (including phenoxy) is 3. The van der Waals surface area contributed by atoms with E-state index in [-0.39, 0.29) is 0 Å². The Morgan fingerprint density at radius 2 is 1.50 bits per heavy atom. The number of hydrogen-bond acceptors (Lipinski definition) is 6. The highest BCUT2D eigenvalue weighted by atomic mass is 16.5. The van der Waals surface area contributed by atoms with Crippen molar-refractivity contribution in [3.8, 4) is 39.6 Å². The van der Waals surface area contributed by atoms with Crippen molar-refractivity contribution in [1.82, 2.24) is 5.16 Å². The molecule has 3 rings (SSSR count). The van der Waals surface area contributed by atoms with Crippen molar-refractivity contribution in [1.29, 1.82) is 0 Å². The molecule has 0 atom stereocenters. The lowest BCUT2D eigenvalue weighted by Gasteiger charge is -2.13. The van der Waals surface area contributed by atoms with E-state index in [2.05, 4.69) is 5.16 Å². The fourth-order valence-corrected chi connectivity index (χ4v) is 2.53. The quantitative estimate of drug-likeness (QED) is 0.721. The van der Waals surface area contributed by atoms with Crippen molar-refractivity contribution >= 4 is 5.69 Å². The first-order valence-corrected chi connectivity index (χ1v) is 7.28. The Morgan fingerprint density at radius 1 is 0.875 bits per heavy atom. The first kappa shape index (κ1) is 15.7. The van der Waals surface area contributed by atoms with Crippen LogP contribution < -0.4 is 19.9 Å². The zero-order valence-corrected chi connectivity index (χ0v) is 13.7. The van der Waals surface area contributed by atoms with Crippen molar-refractivity contribution in [2.75, 3.05) is 27.1 Å². The number of rotatable bonds is 5. The number of nitrogens with two attached hydrogens (primary N) is 1. The van der Waals surface area contributed by atoms with E-state index in [1.165, 1.54) is 0 Å². The summed E-state index contributed by atoms with van der Waals surface area (Å²) in [4.78, 5) is 0. The first-order valence-electron chi connectivity index (χ1n) is 7.28. The second kappa shape index (κ2) is 6.54. The summed E-state index contributed by atoms with van der Waals surface area (Å²) in [6.07, 6.45) is 1.60. The summed E-state index contributed by atoms with van der Waals surface area (Å²) >= 11 is 0. The van der Waals surface area contributed by atoms with Gasteiger partial charge in [0.2, 0.25) is 5.75 Å². The molecule has 2 N–H and O–H groups in total. The van der Waals surface area contributed by atoms with E-state index in [1.807, 2.05) is 36.4 Å². The molecule has 0 fully saturated rings. The molecule has 1 aromatic heterocycles. The van der Waals surface area contributed by atoms with Crippen molar-refractivity contribution < 1.29 is 18.7 Å². The molecule has 6 nitrogen and oxygen atoms in total. The molecule has 124 valence electrons. The molecule has 0 aliphatic heterocycles. The summed E-state index contributed by atoms with van der Waals surface area (Å²) in [5.41, 5.74) is 9.73. The monoisotopic (exact) mass is 326 g/mol. The maximum absolute atomic E-state index is 5.75. The third-order valence-corrected chi connectivity index (χ3v) is 3.73. The summed E-state index contributed by atoms with van der Waals surface area (Å²) in [7, 11) is 4.71. The molecule has 0 amide bonds. The van der Waals surface area contributed by atoms with Crippen LogP contribution in [-0.2, 0) is 0 Å². The highest BCUT2D eigenvalue weighted by molar-refractivity contribution is 5.82. The summed E-state index contributed by atoms with van der Waals surface area (Å²) < 4.78 is 21.3. The van der Waals surface area contributed by atoms with E-state index in [4.69, 9.17) is 24.5 Å². The molecule has 1 heterocycles. The third-order valence-electron chi connectivity index (χ3n) is 3.73. The van der Waals surface area contributed by atoms with Gasteiger partial charge in [0.1, 0.15) is 12.0 Å². The molecule has 0 radical (unpaired) electrons. The van der Waals surface area contributed by atoms with Crippen LogP contribution in [0.4, 0.5) is 5.69 Å². The van der Waals surface area contributed by atoms with E-state index in [1.54, 1.807) is 27.6 Å². The number of benzene rings is 2. The third kappa shape index (κ3) is 2.74. The standard InChI is InChI=1S/C18H18N2O4/c1-21-15-8-12(9-16(22-2)18(15)23-3)17-14(10-24-20-17)11-4-6-13(19)7-5-11/h4-10H,19H2,1-3H3. The summed E-state index contributed by atoms with van der Waals surface area (Å²) in [5, 5.41) is 4.13. The molecule has 6 heteroatoms. The van der Waals surface area contributed by atoms with Gasteiger partial charge in [-0.05, 0) is 29.8 Å². The van der Waals surface area contributed by atoms with E-state index in [0.29, 0.717) is 28.6 Å². The van der Waals surface area contributed by atoms with E-state index < -0.39 is 0 Å². The van der Waals surface area contributed by atoms with Crippen molar-refractivity contribution in [3.63, 3.8) is 0 Å². The van der Waals surface area contributed by atoms with Gasteiger partial charge < -0.3 is 24.5 Å². The minimum absolute atomic E-state index is 0.529. The molecule has 0 spiro atoms. The van der Waals surface area contributed by atoms with Gasteiger partial charge in [0.15, 0.2) is 11.5 Å². The number of methoxy groups -OCH3 is 3. The highest BCUT2D eigenvalue weighted by Gasteiger charge is 2.18. The summed E-state index contributed by atoms with van der Waals surface area (Å²) in [5.74, 6) is 1.64. The van der Waals surface area contributed by atoms with Crippen LogP contribution >= 0.6 is 0 Å². The van der Waals surface area contributed by atoms with Crippen LogP contribution in [0.3, 0.4) is 0 Å². The smallest absolute Gasteiger partial charge is 0.203 e. The zero-order chi connectivity index (χ0) is 17.1. The fourth-order valence-electron chi connectivity index (χ4n) is 2.53. The molecule has 24 heavy (non-hydrogen) atoms. The second-order valence-corrected chi connectivity index (χ2v) is 5.11. The number of nitrogens with zero attached hydrogens (tertiary/aromatic N) is 1. The van der Waals surface area contributed by atoms with Crippen LogP contribution in [-0.4, -0.2) is 26.5 Å². The summed E-state index contributed by atoms with van der Waals surface area (Å²) in [6.45, 7) is 0. The Morgan fingerprint density at radius 3 is 2.04 bits per heavy atom.